The molecule has 0 saturated carbocycles. The zero-order valence-electron chi connectivity index (χ0n) is 11.9. The van der Waals surface area contributed by atoms with Crippen molar-refractivity contribution in [2.75, 3.05) is 20.8 Å². The quantitative estimate of drug-likeness (QED) is 0.840. The molecule has 1 aromatic heterocycles. The van der Waals surface area contributed by atoms with Crippen LogP contribution in [0.5, 0.6) is 11.5 Å². The average molecular weight is 272 g/mol. The Kier molecular flexibility index (Phi) is 5.38. The summed E-state index contributed by atoms with van der Waals surface area (Å²) >= 11 is 0. The van der Waals surface area contributed by atoms with Crippen LogP contribution in [0.3, 0.4) is 0 Å². The second kappa shape index (κ2) is 7.50. The standard InChI is InChI=1S/C16H20N2O2/c1-17-12-14-5-6-15(19-2)10-16(14)20-9-7-13-4-3-8-18-11-13/h3-6,8,10-11,17H,7,9,12H2,1-2H3. The highest BCUT2D eigenvalue weighted by atomic mass is 16.5. The van der Waals surface area contributed by atoms with E-state index in [1.165, 1.54) is 5.56 Å². The van der Waals surface area contributed by atoms with Crippen molar-refractivity contribution in [2.45, 2.75) is 13.0 Å². The monoisotopic (exact) mass is 272 g/mol. The molecule has 1 heterocycles. The number of rotatable bonds is 7. The van der Waals surface area contributed by atoms with E-state index in [0.717, 1.165) is 30.0 Å². The number of nitrogens with one attached hydrogen (secondary N) is 1. The molecule has 0 aliphatic carbocycles. The molecule has 0 atom stereocenters. The molecule has 106 valence electrons. The predicted octanol–water partition coefficient (Wildman–Crippen LogP) is 2.43. The number of hydrogen-bond acceptors (Lipinski definition) is 4. The number of pyridine rings is 1. The first-order valence-corrected chi connectivity index (χ1v) is 6.66. The normalized spacial score (nSPS) is 10.3. The maximum Gasteiger partial charge on any atom is 0.127 e. The van der Waals surface area contributed by atoms with Gasteiger partial charge in [-0.25, -0.2) is 0 Å². The molecular formula is C16H20N2O2. The van der Waals surface area contributed by atoms with Crippen molar-refractivity contribution in [3.05, 3.63) is 53.9 Å². The minimum absolute atomic E-state index is 0.621. The molecule has 0 radical (unpaired) electrons. The van der Waals surface area contributed by atoms with Gasteiger partial charge in [0.25, 0.3) is 0 Å². The van der Waals surface area contributed by atoms with Gasteiger partial charge in [-0.2, -0.15) is 0 Å². The van der Waals surface area contributed by atoms with E-state index >= 15 is 0 Å². The van der Waals surface area contributed by atoms with Crippen LogP contribution in [0.4, 0.5) is 0 Å². The Morgan fingerprint density at radius 3 is 2.85 bits per heavy atom. The Morgan fingerprint density at radius 2 is 2.15 bits per heavy atom. The first-order chi connectivity index (χ1) is 9.83. The average Bonchev–Trinajstić information content (AvgIpc) is 2.50. The summed E-state index contributed by atoms with van der Waals surface area (Å²) in [6.07, 6.45) is 4.48. The Bertz CT molecular complexity index is 529. The lowest BCUT2D eigenvalue weighted by atomic mass is 10.2. The molecular weight excluding hydrogens is 252 g/mol. The van der Waals surface area contributed by atoms with E-state index in [2.05, 4.69) is 16.4 Å². The lowest BCUT2D eigenvalue weighted by Crippen LogP contribution is -2.09. The molecule has 4 heteroatoms. The van der Waals surface area contributed by atoms with E-state index in [9.17, 15) is 0 Å². The molecule has 0 fully saturated rings. The van der Waals surface area contributed by atoms with E-state index in [4.69, 9.17) is 9.47 Å². The first-order valence-electron chi connectivity index (χ1n) is 6.66. The summed E-state index contributed by atoms with van der Waals surface area (Å²) < 4.78 is 11.1. The van der Waals surface area contributed by atoms with E-state index in [-0.39, 0.29) is 0 Å². The smallest absolute Gasteiger partial charge is 0.127 e. The van der Waals surface area contributed by atoms with E-state index < -0.39 is 0 Å². The van der Waals surface area contributed by atoms with Crippen molar-refractivity contribution < 1.29 is 9.47 Å². The van der Waals surface area contributed by atoms with Gasteiger partial charge < -0.3 is 14.8 Å². The third-order valence-electron chi connectivity index (χ3n) is 3.01. The van der Waals surface area contributed by atoms with Crippen LogP contribution in [-0.2, 0) is 13.0 Å². The lowest BCUT2D eigenvalue weighted by molar-refractivity contribution is 0.315. The Hall–Kier alpha value is -2.07. The third-order valence-corrected chi connectivity index (χ3v) is 3.01. The molecule has 0 spiro atoms. The van der Waals surface area contributed by atoms with Gasteiger partial charge in [-0.1, -0.05) is 12.1 Å². The summed E-state index contributed by atoms with van der Waals surface area (Å²) in [5.74, 6) is 1.67. The maximum atomic E-state index is 5.89. The van der Waals surface area contributed by atoms with Gasteiger partial charge in [0.15, 0.2) is 0 Å². The van der Waals surface area contributed by atoms with E-state index in [0.29, 0.717) is 6.61 Å². The highest BCUT2D eigenvalue weighted by molar-refractivity contribution is 5.40. The molecule has 0 unspecified atom stereocenters. The summed E-state index contributed by atoms with van der Waals surface area (Å²) in [5, 5.41) is 3.14. The third kappa shape index (κ3) is 3.96. The molecule has 4 nitrogen and oxygen atoms in total. The van der Waals surface area contributed by atoms with Crippen LogP contribution in [0.15, 0.2) is 42.7 Å². The fourth-order valence-corrected chi connectivity index (χ4v) is 1.96. The van der Waals surface area contributed by atoms with Crippen LogP contribution < -0.4 is 14.8 Å². The van der Waals surface area contributed by atoms with Crippen LogP contribution in [0.1, 0.15) is 11.1 Å². The van der Waals surface area contributed by atoms with Crippen molar-refractivity contribution in [2.24, 2.45) is 0 Å². The summed E-state index contributed by atoms with van der Waals surface area (Å²) in [7, 11) is 3.58. The number of benzene rings is 1. The van der Waals surface area contributed by atoms with Gasteiger partial charge in [-0.3, -0.25) is 4.98 Å². The fourth-order valence-electron chi connectivity index (χ4n) is 1.96. The Labute approximate surface area is 119 Å². The number of methoxy groups -OCH3 is 1. The van der Waals surface area contributed by atoms with Crippen molar-refractivity contribution in [3.8, 4) is 11.5 Å². The molecule has 0 amide bonds. The van der Waals surface area contributed by atoms with Crippen LogP contribution in [-0.4, -0.2) is 25.7 Å². The number of ether oxygens (including phenoxy) is 2. The molecule has 0 aliphatic heterocycles. The van der Waals surface area contributed by atoms with Gasteiger partial charge in [0.2, 0.25) is 0 Å². The van der Waals surface area contributed by atoms with Gasteiger partial charge in [0.1, 0.15) is 11.5 Å². The molecule has 1 aromatic carbocycles. The second-order valence-corrected chi connectivity index (χ2v) is 4.46. The van der Waals surface area contributed by atoms with E-state index in [1.807, 2.05) is 37.5 Å². The SMILES string of the molecule is CNCc1ccc(OC)cc1OCCc1cccnc1. The Balaban J connectivity index is 2.00. The van der Waals surface area contributed by atoms with E-state index in [1.54, 1.807) is 13.3 Å². The minimum atomic E-state index is 0.621. The van der Waals surface area contributed by atoms with Crippen LogP contribution >= 0.6 is 0 Å². The van der Waals surface area contributed by atoms with Gasteiger partial charge in [0, 0.05) is 37.0 Å². The van der Waals surface area contributed by atoms with Gasteiger partial charge >= 0.3 is 0 Å². The number of hydrogen-bond donors (Lipinski definition) is 1. The molecule has 1 N–H and O–H groups in total. The van der Waals surface area contributed by atoms with Gasteiger partial charge in [0.05, 0.1) is 13.7 Å². The molecule has 0 aliphatic rings. The highest BCUT2D eigenvalue weighted by Gasteiger charge is 2.05. The highest BCUT2D eigenvalue weighted by Crippen LogP contribution is 2.25. The summed E-state index contributed by atoms with van der Waals surface area (Å²) in [6, 6.07) is 9.88. The number of aromatic nitrogens is 1. The Morgan fingerprint density at radius 1 is 1.25 bits per heavy atom. The summed E-state index contributed by atoms with van der Waals surface area (Å²) in [6.45, 7) is 1.39. The molecule has 2 rings (SSSR count). The van der Waals surface area contributed by atoms with Crippen molar-refractivity contribution in [1.29, 1.82) is 0 Å². The van der Waals surface area contributed by atoms with Crippen molar-refractivity contribution in [3.63, 3.8) is 0 Å². The zero-order valence-corrected chi connectivity index (χ0v) is 11.9. The summed E-state index contributed by atoms with van der Waals surface area (Å²) in [5.41, 5.74) is 2.30. The fraction of sp³-hybridized carbons (Fsp3) is 0.312. The molecule has 2 aromatic rings. The van der Waals surface area contributed by atoms with Crippen molar-refractivity contribution in [1.82, 2.24) is 10.3 Å². The summed E-state index contributed by atoms with van der Waals surface area (Å²) in [4.78, 5) is 4.10. The molecule has 20 heavy (non-hydrogen) atoms. The van der Waals surface area contributed by atoms with Gasteiger partial charge in [-0.05, 0) is 24.7 Å². The zero-order chi connectivity index (χ0) is 14.2. The van der Waals surface area contributed by atoms with Crippen molar-refractivity contribution >= 4 is 0 Å². The number of nitrogens with zero attached hydrogens (tertiary/aromatic N) is 1. The lowest BCUT2D eigenvalue weighted by Gasteiger charge is -2.13. The molecule has 0 saturated heterocycles. The molecule has 0 bridgehead atoms. The first kappa shape index (κ1) is 14.3. The van der Waals surface area contributed by atoms with Crippen LogP contribution in [0.25, 0.3) is 0 Å². The van der Waals surface area contributed by atoms with Gasteiger partial charge in [-0.15, -0.1) is 0 Å². The van der Waals surface area contributed by atoms with Crippen LogP contribution in [0, 0.1) is 0 Å². The minimum Gasteiger partial charge on any atom is -0.497 e. The maximum absolute atomic E-state index is 5.89. The predicted molar refractivity (Wildman–Crippen MR) is 79.2 cm³/mol. The second-order valence-electron chi connectivity index (χ2n) is 4.46. The topological polar surface area (TPSA) is 43.4 Å². The largest absolute Gasteiger partial charge is 0.497 e. The van der Waals surface area contributed by atoms with Crippen LogP contribution in [0.2, 0.25) is 0 Å².